The van der Waals surface area contributed by atoms with Crippen molar-refractivity contribution < 1.29 is 9.90 Å². The van der Waals surface area contributed by atoms with Gasteiger partial charge in [0.25, 0.3) is 5.91 Å². The fourth-order valence-electron chi connectivity index (χ4n) is 1.49. The average Bonchev–Trinajstić information content (AvgIpc) is 2.34. The van der Waals surface area contributed by atoms with Crippen molar-refractivity contribution in [2.45, 2.75) is 25.9 Å². The predicted molar refractivity (Wildman–Crippen MR) is 71.8 cm³/mol. The second kappa shape index (κ2) is 6.96. The lowest BCUT2D eigenvalue weighted by molar-refractivity contribution is 0.0949. The molecule has 5 heteroatoms. The molecule has 0 saturated heterocycles. The Kier molecular flexibility index (Phi) is 5.58. The summed E-state index contributed by atoms with van der Waals surface area (Å²) in [5.41, 5.74) is 0.553. The molecule has 0 radical (unpaired) electrons. The van der Waals surface area contributed by atoms with Crippen molar-refractivity contribution in [1.82, 2.24) is 10.3 Å². The lowest BCUT2D eigenvalue weighted by atomic mass is 10.2. The van der Waals surface area contributed by atoms with E-state index in [9.17, 15) is 4.79 Å². The Morgan fingerprint density at radius 2 is 2.22 bits per heavy atom. The van der Waals surface area contributed by atoms with Gasteiger partial charge in [-0.15, -0.1) is 0 Å². The quantitative estimate of drug-likeness (QED) is 0.741. The molecular formula is C13H21N3O2. The summed E-state index contributed by atoms with van der Waals surface area (Å²) in [5.74, 6) is 0.694. The zero-order chi connectivity index (χ0) is 13.5. The molecule has 1 amide bonds. The van der Waals surface area contributed by atoms with Gasteiger partial charge in [-0.2, -0.15) is 0 Å². The first-order valence-corrected chi connectivity index (χ1v) is 6.10. The molecule has 0 saturated carbocycles. The smallest absolute Gasteiger partial charge is 0.252 e. The number of hydrogen-bond acceptors (Lipinski definition) is 4. The van der Waals surface area contributed by atoms with Crippen molar-refractivity contribution in [2.24, 2.45) is 0 Å². The summed E-state index contributed by atoms with van der Waals surface area (Å²) >= 11 is 0. The van der Waals surface area contributed by atoms with Gasteiger partial charge >= 0.3 is 0 Å². The lowest BCUT2D eigenvalue weighted by Crippen LogP contribution is -2.25. The number of anilines is 1. The molecule has 0 spiro atoms. The first kappa shape index (κ1) is 14.4. The third kappa shape index (κ3) is 4.71. The Morgan fingerprint density at radius 3 is 2.72 bits per heavy atom. The van der Waals surface area contributed by atoms with E-state index in [0.29, 0.717) is 18.5 Å². The Balaban J connectivity index is 2.42. The fraction of sp³-hybridized carbons (Fsp3) is 0.538. The minimum Gasteiger partial charge on any atom is -0.393 e. The van der Waals surface area contributed by atoms with Crippen LogP contribution in [0, 0.1) is 0 Å². The first-order valence-electron chi connectivity index (χ1n) is 6.10. The van der Waals surface area contributed by atoms with Crippen LogP contribution in [-0.4, -0.2) is 42.7 Å². The summed E-state index contributed by atoms with van der Waals surface area (Å²) in [6, 6.07) is 3.57. The molecule has 0 aliphatic heterocycles. The van der Waals surface area contributed by atoms with Crippen LogP contribution in [-0.2, 0) is 0 Å². The van der Waals surface area contributed by atoms with Crippen molar-refractivity contribution in [1.29, 1.82) is 0 Å². The molecule has 1 aromatic rings. The topological polar surface area (TPSA) is 65.5 Å². The van der Waals surface area contributed by atoms with Crippen LogP contribution in [0.5, 0.6) is 0 Å². The largest absolute Gasteiger partial charge is 0.393 e. The number of aliphatic hydroxyl groups is 1. The molecule has 0 bridgehead atoms. The second-order valence-electron chi connectivity index (χ2n) is 4.55. The Morgan fingerprint density at radius 1 is 1.50 bits per heavy atom. The summed E-state index contributed by atoms with van der Waals surface area (Å²) in [6.07, 6.45) is 2.72. The van der Waals surface area contributed by atoms with Crippen LogP contribution in [0.1, 0.15) is 30.1 Å². The number of aromatic nitrogens is 1. The molecule has 1 aromatic heterocycles. The Bertz CT molecular complexity index is 374. The fourth-order valence-corrected chi connectivity index (χ4v) is 1.49. The van der Waals surface area contributed by atoms with Crippen LogP contribution in [0.4, 0.5) is 5.82 Å². The number of carbonyl (C=O) groups is 1. The van der Waals surface area contributed by atoms with Gasteiger partial charge in [0, 0.05) is 26.8 Å². The number of aliphatic hydroxyl groups excluding tert-OH is 1. The highest BCUT2D eigenvalue weighted by molar-refractivity contribution is 5.94. The van der Waals surface area contributed by atoms with E-state index in [1.54, 1.807) is 19.2 Å². The van der Waals surface area contributed by atoms with E-state index < -0.39 is 0 Å². The highest BCUT2D eigenvalue weighted by Gasteiger charge is 2.06. The molecule has 1 heterocycles. The van der Waals surface area contributed by atoms with Crippen LogP contribution >= 0.6 is 0 Å². The summed E-state index contributed by atoms with van der Waals surface area (Å²) < 4.78 is 0. The van der Waals surface area contributed by atoms with Crippen molar-refractivity contribution >= 4 is 11.7 Å². The first-order chi connectivity index (χ1) is 8.50. The van der Waals surface area contributed by atoms with Gasteiger partial charge < -0.3 is 15.3 Å². The number of carbonyl (C=O) groups excluding carboxylic acids is 1. The van der Waals surface area contributed by atoms with Gasteiger partial charge in [0.15, 0.2) is 0 Å². The maximum atomic E-state index is 11.7. The molecular weight excluding hydrogens is 230 g/mol. The predicted octanol–water partition coefficient (Wildman–Crippen LogP) is 1.04. The highest BCUT2D eigenvalue weighted by Crippen LogP contribution is 2.07. The van der Waals surface area contributed by atoms with Gasteiger partial charge in [-0.1, -0.05) is 0 Å². The van der Waals surface area contributed by atoms with E-state index >= 15 is 0 Å². The number of nitrogens with one attached hydrogen (secondary N) is 1. The van der Waals surface area contributed by atoms with Gasteiger partial charge in [-0.3, -0.25) is 4.79 Å². The number of hydrogen-bond donors (Lipinski definition) is 2. The van der Waals surface area contributed by atoms with Crippen LogP contribution in [0.2, 0.25) is 0 Å². The molecule has 2 N–H and O–H groups in total. The zero-order valence-corrected chi connectivity index (χ0v) is 11.2. The lowest BCUT2D eigenvalue weighted by Gasteiger charge is -2.11. The molecule has 1 atom stereocenters. The molecule has 0 aromatic carbocycles. The monoisotopic (exact) mass is 251 g/mol. The van der Waals surface area contributed by atoms with Gasteiger partial charge in [0.2, 0.25) is 0 Å². The summed E-state index contributed by atoms with van der Waals surface area (Å²) in [7, 11) is 3.80. The third-order valence-electron chi connectivity index (χ3n) is 2.55. The Labute approximate surface area is 108 Å². The summed E-state index contributed by atoms with van der Waals surface area (Å²) in [5, 5.41) is 11.9. The van der Waals surface area contributed by atoms with E-state index in [4.69, 9.17) is 5.11 Å². The van der Waals surface area contributed by atoms with E-state index in [0.717, 1.165) is 12.2 Å². The van der Waals surface area contributed by atoms with Crippen LogP contribution in [0.25, 0.3) is 0 Å². The standard InChI is InChI=1S/C13H21N3O2/c1-10(17)5-4-8-14-13(18)11-6-7-12(15-9-11)16(2)3/h6-7,9-10,17H,4-5,8H2,1-3H3,(H,14,18). The molecule has 1 unspecified atom stereocenters. The second-order valence-corrected chi connectivity index (χ2v) is 4.55. The minimum atomic E-state index is -0.317. The summed E-state index contributed by atoms with van der Waals surface area (Å²) in [6.45, 7) is 2.31. The highest BCUT2D eigenvalue weighted by atomic mass is 16.3. The van der Waals surface area contributed by atoms with Gasteiger partial charge in [-0.05, 0) is 31.9 Å². The maximum absolute atomic E-state index is 11.7. The van der Waals surface area contributed by atoms with E-state index in [-0.39, 0.29) is 12.0 Å². The van der Waals surface area contributed by atoms with Gasteiger partial charge in [0.05, 0.1) is 11.7 Å². The van der Waals surface area contributed by atoms with Crippen LogP contribution in [0.3, 0.4) is 0 Å². The summed E-state index contributed by atoms with van der Waals surface area (Å²) in [4.78, 5) is 17.8. The average molecular weight is 251 g/mol. The maximum Gasteiger partial charge on any atom is 0.252 e. The molecule has 5 nitrogen and oxygen atoms in total. The van der Waals surface area contributed by atoms with Crippen LogP contribution in [0.15, 0.2) is 18.3 Å². The molecule has 100 valence electrons. The van der Waals surface area contributed by atoms with Crippen molar-refractivity contribution in [3.8, 4) is 0 Å². The molecule has 1 rings (SSSR count). The number of rotatable bonds is 6. The van der Waals surface area contributed by atoms with E-state index in [1.807, 2.05) is 25.1 Å². The molecule has 0 aliphatic carbocycles. The van der Waals surface area contributed by atoms with E-state index in [2.05, 4.69) is 10.3 Å². The van der Waals surface area contributed by atoms with Gasteiger partial charge in [0.1, 0.15) is 5.82 Å². The SMILES string of the molecule is CC(O)CCCNC(=O)c1ccc(N(C)C)nc1. The zero-order valence-electron chi connectivity index (χ0n) is 11.2. The number of pyridine rings is 1. The molecule has 0 fully saturated rings. The van der Waals surface area contributed by atoms with Crippen molar-refractivity contribution in [3.05, 3.63) is 23.9 Å². The van der Waals surface area contributed by atoms with E-state index in [1.165, 1.54) is 0 Å². The molecule has 18 heavy (non-hydrogen) atoms. The third-order valence-corrected chi connectivity index (χ3v) is 2.55. The van der Waals surface area contributed by atoms with Gasteiger partial charge in [-0.25, -0.2) is 4.98 Å². The van der Waals surface area contributed by atoms with Crippen molar-refractivity contribution in [3.63, 3.8) is 0 Å². The minimum absolute atomic E-state index is 0.126. The number of nitrogens with zero attached hydrogens (tertiary/aromatic N) is 2. The normalized spacial score (nSPS) is 12.0. The number of amides is 1. The van der Waals surface area contributed by atoms with Crippen molar-refractivity contribution in [2.75, 3.05) is 25.5 Å². The Hall–Kier alpha value is -1.62. The van der Waals surface area contributed by atoms with Crippen LogP contribution < -0.4 is 10.2 Å². The molecule has 0 aliphatic rings.